The van der Waals surface area contributed by atoms with Crippen LogP contribution in [-0.4, -0.2) is 11.6 Å². The highest BCUT2D eigenvalue weighted by molar-refractivity contribution is 5.49. The molecule has 2 saturated carbocycles. The van der Waals surface area contributed by atoms with Crippen LogP contribution in [0.15, 0.2) is 36.4 Å². The van der Waals surface area contributed by atoms with Crippen molar-refractivity contribution in [2.24, 2.45) is 0 Å². The average Bonchev–Trinajstić information content (AvgIpc) is 3.42. The van der Waals surface area contributed by atoms with Gasteiger partial charge in [0.1, 0.15) is 0 Å². The Hall–Kier alpha value is -2.36. The van der Waals surface area contributed by atoms with E-state index < -0.39 is 0 Å². The van der Waals surface area contributed by atoms with Crippen LogP contribution in [0.1, 0.15) is 68.9 Å². The van der Waals surface area contributed by atoms with Crippen LogP contribution < -0.4 is 18.9 Å². The van der Waals surface area contributed by atoms with Gasteiger partial charge in [-0.3, -0.25) is 0 Å². The van der Waals surface area contributed by atoms with Gasteiger partial charge in [0.05, 0.1) is 0 Å². The molecule has 4 aliphatic rings. The summed E-state index contributed by atoms with van der Waals surface area (Å²) in [6.45, 7) is 4.14. The van der Waals surface area contributed by atoms with Crippen LogP contribution in [0.4, 0.5) is 0 Å². The predicted molar refractivity (Wildman–Crippen MR) is 112 cm³/mol. The summed E-state index contributed by atoms with van der Waals surface area (Å²) in [7, 11) is 0. The van der Waals surface area contributed by atoms with Gasteiger partial charge >= 0.3 is 0 Å². The molecule has 29 heavy (non-hydrogen) atoms. The third-order valence-electron chi connectivity index (χ3n) is 6.50. The van der Waals surface area contributed by atoms with Crippen molar-refractivity contribution in [2.75, 3.05) is 0 Å². The first-order valence-corrected chi connectivity index (χ1v) is 11.0. The van der Waals surface area contributed by atoms with E-state index in [0.717, 1.165) is 48.7 Å². The molecule has 2 aliphatic heterocycles. The molecule has 0 amide bonds. The molecule has 0 unspecified atom stereocenters. The molecular weight excluding hydrogens is 364 g/mol. The fourth-order valence-electron chi connectivity index (χ4n) is 4.90. The van der Waals surface area contributed by atoms with Crippen LogP contribution >= 0.6 is 0 Å². The number of fused-ring (bicyclic) bond motifs is 2. The van der Waals surface area contributed by atoms with Crippen LogP contribution in [0, 0.1) is 13.8 Å². The molecular formula is C25H30O4. The Bertz CT molecular complexity index is 892. The van der Waals surface area contributed by atoms with E-state index >= 15 is 0 Å². The lowest BCUT2D eigenvalue weighted by atomic mass is 9.94. The lowest BCUT2D eigenvalue weighted by molar-refractivity contribution is -0.105. The van der Waals surface area contributed by atoms with Gasteiger partial charge in [0.2, 0.25) is 0 Å². The standard InChI is InChI=1S/C13H16O2.C12H14O2/c1-10-6-5-7-11-12(10)15-13(14-11)8-3-2-4-9-13;1-9-5-4-6-10-11(9)14-12(13-10)7-2-3-8-12/h5-7H,2-4,8-9H2,1H3;4-6H,2-3,7-8H2,1H3. The zero-order valence-corrected chi connectivity index (χ0v) is 17.5. The van der Waals surface area contributed by atoms with Crippen LogP contribution in [0.3, 0.4) is 0 Å². The van der Waals surface area contributed by atoms with E-state index in [9.17, 15) is 0 Å². The Kier molecular flexibility index (Phi) is 4.60. The molecule has 0 aromatic heterocycles. The van der Waals surface area contributed by atoms with Gasteiger partial charge in [-0.15, -0.1) is 0 Å². The van der Waals surface area contributed by atoms with E-state index in [1.54, 1.807) is 0 Å². The Morgan fingerprint density at radius 2 is 0.966 bits per heavy atom. The maximum absolute atomic E-state index is 6.04. The first-order valence-electron chi connectivity index (χ1n) is 11.0. The maximum atomic E-state index is 6.04. The highest BCUT2D eigenvalue weighted by Crippen LogP contribution is 2.48. The summed E-state index contributed by atoms with van der Waals surface area (Å²) in [6, 6.07) is 12.2. The average molecular weight is 395 g/mol. The molecule has 4 heteroatoms. The van der Waals surface area contributed by atoms with E-state index in [1.807, 2.05) is 24.3 Å². The molecule has 2 heterocycles. The molecule has 2 aliphatic carbocycles. The van der Waals surface area contributed by atoms with Crippen molar-refractivity contribution < 1.29 is 18.9 Å². The van der Waals surface area contributed by atoms with Crippen molar-refractivity contribution in [1.29, 1.82) is 0 Å². The normalized spacial score (nSPS) is 21.9. The number of aryl methyl sites for hydroxylation is 2. The third-order valence-corrected chi connectivity index (χ3v) is 6.50. The molecule has 0 saturated heterocycles. The van der Waals surface area contributed by atoms with Crippen molar-refractivity contribution in [1.82, 2.24) is 0 Å². The molecule has 2 aromatic rings. The van der Waals surface area contributed by atoms with Crippen LogP contribution in [0.5, 0.6) is 23.0 Å². The van der Waals surface area contributed by atoms with E-state index in [1.165, 1.54) is 43.2 Å². The highest BCUT2D eigenvalue weighted by Gasteiger charge is 2.44. The lowest BCUT2D eigenvalue weighted by Gasteiger charge is -2.31. The molecule has 154 valence electrons. The summed E-state index contributed by atoms with van der Waals surface area (Å²) in [6.07, 6.45) is 10.3. The Labute approximate surface area is 173 Å². The van der Waals surface area contributed by atoms with Crippen molar-refractivity contribution in [2.45, 2.75) is 83.2 Å². The maximum Gasteiger partial charge on any atom is 0.251 e. The molecule has 0 atom stereocenters. The molecule has 0 N–H and O–H groups in total. The largest absolute Gasteiger partial charge is 0.448 e. The van der Waals surface area contributed by atoms with Gasteiger partial charge in [-0.2, -0.15) is 0 Å². The van der Waals surface area contributed by atoms with E-state index in [2.05, 4.69) is 26.0 Å². The molecule has 2 spiro atoms. The van der Waals surface area contributed by atoms with Crippen LogP contribution in [0.2, 0.25) is 0 Å². The Balaban J connectivity index is 0.000000125. The number of ether oxygens (including phenoxy) is 4. The minimum absolute atomic E-state index is 0.311. The number of hydrogen-bond acceptors (Lipinski definition) is 4. The quantitative estimate of drug-likeness (QED) is 0.514. The van der Waals surface area contributed by atoms with Crippen LogP contribution in [-0.2, 0) is 0 Å². The van der Waals surface area contributed by atoms with Gasteiger partial charge in [-0.1, -0.05) is 30.7 Å². The number of rotatable bonds is 0. The van der Waals surface area contributed by atoms with Gasteiger partial charge < -0.3 is 18.9 Å². The number of benzene rings is 2. The first kappa shape index (κ1) is 18.7. The zero-order valence-electron chi connectivity index (χ0n) is 17.5. The highest BCUT2D eigenvalue weighted by atomic mass is 16.7. The second-order valence-corrected chi connectivity index (χ2v) is 8.80. The van der Waals surface area contributed by atoms with Crippen molar-refractivity contribution in [3.8, 4) is 23.0 Å². The topological polar surface area (TPSA) is 36.9 Å². The number of hydrogen-bond donors (Lipinski definition) is 0. The van der Waals surface area contributed by atoms with Gasteiger partial charge in [0, 0.05) is 25.7 Å². The molecule has 4 nitrogen and oxygen atoms in total. The summed E-state index contributed by atoms with van der Waals surface area (Å²) < 4.78 is 23.9. The van der Waals surface area contributed by atoms with Crippen molar-refractivity contribution in [3.63, 3.8) is 0 Å². The van der Waals surface area contributed by atoms with E-state index in [-0.39, 0.29) is 11.6 Å². The minimum atomic E-state index is -0.327. The summed E-state index contributed by atoms with van der Waals surface area (Å²) in [5, 5.41) is 0. The second-order valence-electron chi connectivity index (χ2n) is 8.80. The minimum Gasteiger partial charge on any atom is -0.448 e. The second kappa shape index (κ2) is 7.16. The number of para-hydroxylation sites is 2. The summed E-state index contributed by atoms with van der Waals surface area (Å²) in [5.74, 6) is 3.12. The molecule has 2 fully saturated rings. The predicted octanol–water partition coefficient (Wildman–Crippen LogP) is 6.46. The smallest absolute Gasteiger partial charge is 0.251 e. The molecule has 6 rings (SSSR count). The Morgan fingerprint density at radius 3 is 1.38 bits per heavy atom. The fourth-order valence-corrected chi connectivity index (χ4v) is 4.90. The lowest BCUT2D eigenvalue weighted by Crippen LogP contribution is -2.40. The van der Waals surface area contributed by atoms with Gasteiger partial charge in [-0.05, 0) is 62.8 Å². The van der Waals surface area contributed by atoms with Gasteiger partial charge in [0.15, 0.2) is 23.0 Å². The molecule has 0 radical (unpaired) electrons. The first-order chi connectivity index (χ1) is 14.1. The van der Waals surface area contributed by atoms with Crippen molar-refractivity contribution in [3.05, 3.63) is 47.5 Å². The zero-order chi connectivity index (χ0) is 19.9. The van der Waals surface area contributed by atoms with E-state index in [4.69, 9.17) is 18.9 Å². The van der Waals surface area contributed by atoms with Gasteiger partial charge in [-0.25, -0.2) is 0 Å². The summed E-state index contributed by atoms with van der Waals surface area (Å²) in [4.78, 5) is 0. The Morgan fingerprint density at radius 1 is 0.552 bits per heavy atom. The van der Waals surface area contributed by atoms with Gasteiger partial charge in [0.25, 0.3) is 11.6 Å². The summed E-state index contributed by atoms with van der Waals surface area (Å²) in [5.41, 5.74) is 2.35. The third kappa shape index (κ3) is 3.43. The van der Waals surface area contributed by atoms with Crippen molar-refractivity contribution >= 4 is 0 Å². The molecule has 0 bridgehead atoms. The monoisotopic (exact) mass is 394 g/mol. The SMILES string of the molecule is Cc1cccc2c1OC1(CCCC1)O2.Cc1cccc2c1OC1(CCCCC1)O2. The summed E-state index contributed by atoms with van der Waals surface area (Å²) >= 11 is 0. The van der Waals surface area contributed by atoms with Crippen LogP contribution in [0.25, 0.3) is 0 Å². The fraction of sp³-hybridized carbons (Fsp3) is 0.520. The molecule has 2 aromatic carbocycles. The van der Waals surface area contributed by atoms with E-state index in [0.29, 0.717) is 0 Å².